The van der Waals surface area contributed by atoms with E-state index in [4.69, 9.17) is 9.47 Å². The molecule has 12 heteroatoms. The number of aromatic nitrogens is 4. The van der Waals surface area contributed by atoms with E-state index in [1.54, 1.807) is 6.20 Å². The summed E-state index contributed by atoms with van der Waals surface area (Å²) in [6.45, 7) is -0.0990. The van der Waals surface area contributed by atoms with Crippen LogP contribution in [0, 0.1) is 0 Å². The zero-order valence-corrected chi connectivity index (χ0v) is 16.4. The Morgan fingerprint density at radius 3 is 2.90 bits per heavy atom. The van der Waals surface area contributed by atoms with Crippen molar-refractivity contribution in [2.45, 2.75) is 43.8 Å². The van der Waals surface area contributed by atoms with Crippen LogP contribution in [0.3, 0.4) is 0 Å². The largest absolute Gasteiger partial charge is 0.394 e. The second-order valence-electron chi connectivity index (χ2n) is 6.97. The quantitative estimate of drug-likeness (QED) is 0.283. The van der Waals surface area contributed by atoms with Crippen LogP contribution in [-0.2, 0) is 27.1 Å². The highest BCUT2D eigenvalue weighted by molar-refractivity contribution is 5.77. The SMILES string of the molecule is COC1[C@@H](O)[C@@H](CO)O[C@H]1n1cc(CCCNC(=O)Cc2cnc[nH]2)c(=O)[nH]c1=O. The highest BCUT2D eigenvalue weighted by atomic mass is 16.6. The maximum absolute atomic E-state index is 12.3. The van der Waals surface area contributed by atoms with E-state index in [9.17, 15) is 24.6 Å². The van der Waals surface area contributed by atoms with Crippen LogP contribution in [-0.4, -0.2) is 74.2 Å². The molecule has 1 aliphatic heterocycles. The first-order valence-electron chi connectivity index (χ1n) is 9.50. The van der Waals surface area contributed by atoms with Gasteiger partial charge in [-0.05, 0) is 12.8 Å². The van der Waals surface area contributed by atoms with Crippen molar-refractivity contribution in [1.82, 2.24) is 24.8 Å². The molecule has 3 heterocycles. The third kappa shape index (κ3) is 4.84. The average Bonchev–Trinajstić information content (AvgIpc) is 3.33. The fourth-order valence-corrected chi connectivity index (χ4v) is 3.37. The topological polar surface area (TPSA) is 172 Å². The molecule has 0 saturated carbocycles. The number of aryl methyl sites for hydroxylation is 1. The summed E-state index contributed by atoms with van der Waals surface area (Å²) >= 11 is 0. The lowest BCUT2D eigenvalue weighted by molar-refractivity contribution is -0.120. The molecule has 0 radical (unpaired) electrons. The second-order valence-corrected chi connectivity index (χ2v) is 6.97. The summed E-state index contributed by atoms with van der Waals surface area (Å²) in [5.41, 5.74) is -0.234. The van der Waals surface area contributed by atoms with Gasteiger partial charge >= 0.3 is 5.69 Å². The van der Waals surface area contributed by atoms with Crippen molar-refractivity contribution in [3.8, 4) is 0 Å². The smallest absolute Gasteiger partial charge is 0.330 e. The Morgan fingerprint density at radius 1 is 1.43 bits per heavy atom. The summed E-state index contributed by atoms with van der Waals surface area (Å²) in [5, 5.41) is 22.2. The number of hydrogen-bond acceptors (Lipinski definition) is 8. The van der Waals surface area contributed by atoms with E-state index < -0.39 is 42.4 Å². The van der Waals surface area contributed by atoms with Crippen LogP contribution in [0.15, 0.2) is 28.3 Å². The van der Waals surface area contributed by atoms with E-state index in [2.05, 4.69) is 20.3 Å². The van der Waals surface area contributed by atoms with Gasteiger partial charge in [0.15, 0.2) is 6.23 Å². The minimum absolute atomic E-state index is 0.176. The summed E-state index contributed by atoms with van der Waals surface area (Å²) in [4.78, 5) is 45.2. The minimum Gasteiger partial charge on any atom is -0.394 e. The highest BCUT2D eigenvalue weighted by Crippen LogP contribution is 2.30. The number of nitrogens with one attached hydrogen (secondary N) is 3. The van der Waals surface area contributed by atoms with Crippen molar-refractivity contribution in [3.05, 3.63) is 50.8 Å². The van der Waals surface area contributed by atoms with Gasteiger partial charge in [0.05, 0.1) is 19.4 Å². The Hall–Kier alpha value is -2.80. The molecule has 1 unspecified atom stereocenters. The normalized spacial score (nSPS) is 23.6. The molecule has 0 spiro atoms. The van der Waals surface area contributed by atoms with Crippen molar-refractivity contribution in [2.75, 3.05) is 20.3 Å². The van der Waals surface area contributed by atoms with Gasteiger partial charge in [-0.1, -0.05) is 0 Å². The van der Waals surface area contributed by atoms with E-state index in [1.165, 1.54) is 19.6 Å². The fourth-order valence-electron chi connectivity index (χ4n) is 3.37. The molecule has 0 aromatic carbocycles. The number of carbonyl (C=O) groups is 1. The van der Waals surface area contributed by atoms with Crippen LogP contribution < -0.4 is 16.6 Å². The molecule has 1 fully saturated rings. The molecule has 0 bridgehead atoms. The summed E-state index contributed by atoms with van der Waals surface area (Å²) in [5.74, 6) is -0.176. The van der Waals surface area contributed by atoms with Gasteiger partial charge in [-0.25, -0.2) is 9.78 Å². The highest BCUT2D eigenvalue weighted by Gasteiger charge is 2.45. The van der Waals surface area contributed by atoms with Crippen LogP contribution >= 0.6 is 0 Å². The van der Waals surface area contributed by atoms with E-state index in [-0.39, 0.29) is 12.3 Å². The minimum atomic E-state index is -1.13. The molecular weight excluding hydrogens is 398 g/mol. The lowest BCUT2D eigenvalue weighted by Gasteiger charge is -2.20. The third-order valence-electron chi connectivity index (χ3n) is 4.93. The number of H-pyrrole nitrogens is 2. The first-order chi connectivity index (χ1) is 14.4. The van der Waals surface area contributed by atoms with Crippen molar-refractivity contribution in [2.24, 2.45) is 0 Å². The molecule has 12 nitrogen and oxygen atoms in total. The van der Waals surface area contributed by atoms with Crippen molar-refractivity contribution in [3.63, 3.8) is 0 Å². The van der Waals surface area contributed by atoms with Gasteiger partial charge in [-0.15, -0.1) is 0 Å². The van der Waals surface area contributed by atoms with Crippen molar-refractivity contribution in [1.29, 1.82) is 0 Å². The monoisotopic (exact) mass is 423 g/mol. The summed E-state index contributed by atoms with van der Waals surface area (Å²) < 4.78 is 11.9. The van der Waals surface area contributed by atoms with Crippen molar-refractivity contribution >= 4 is 5.91 Å². The summed E-state index contributed by atoms with van der Waals surface area (Å²) in [6.07, 6.45) is 1.44. The van der Waals surface area contributed by atoms with Gasteiger partial charge in [0.1, 0.15) is 18.3 Å². The van der Waals surface area contributed by atoms with Gasteiger partial charge in [-0.2, -0.15) is 0 Å². The third-order valence-corrected chi connectivity index (χ3v) is 4.93. The standard InChI is InChI=1S/C18H25N5O7/c1-29-15-14(26)12(8-24)30-17(15)23-7-10(16(27)22-18(23)28)3-2-4-20-13(25)5-11-6-19-9-21-11/h6-7,9,12,14-15,17,24,26H,2-5,8H2,1H3,(H,19,21)(H,20,25)(H,22,27,28)/t12-,14+,15?,17-/m1/s1. The molecule has 0 aliphatic carbocycles. The number of aliphatic hydroxyl groups is 2. The molecule has 1 amide bonds. The second kappa shape index (κ2) is 9.80. The molecule has 2 aromatic heterocycles. The van der Waals surface area contributed by atoms with E-state index in [0.717, 1.165) is 4.57 Å². The fraction of sp³-hybridized carbons (Fsp3) is 0.556. The number of ether oxygens (including phenoxy) is 2. The van der Waals surface area contributed by atoms with Crippen molar-refractivity contribution < 1.29 is 24.5 Å². The number of carbonyl (C=O) groups excluding carboxylic acids is 1. The zero-order chi connectivity index (χ0) is 21.7. The molecule has 4 atom stereocenters. The van der Waals surface area contributed by atoms with Crippen LogP contribution in [0.1, 0.15) is 23.9 Å². The van der Waals surface area contributed by atoms with Gasteiger partial charge in [-0.3, -0.25) is 19.1 Å². The van der Waals surface area contributed by atoms with Gasteiger partial charge in [0, 0.05) is 37.3 Å². The Kier molecular flexibility index (Phi) is 7.15. The molecule has 5 N–H and O–H groups in total. The molecule has 1 saturated heterocycles. The number of amides is 1. The Labute approximate surface area is 170 Å². The Balaban J connectivity index is 1.63. The molecular formula is C18H25N5O7. The number of hydrogen-bond donors (Lipinski definition) is 5. The number of imidazole rings is 1. The molecule has 164 valence electrons. The molecule has 1 aliphatic rings. The van der Waals surface area contributed by atoms with E-state index in [0.29, 0.717) is 30.6 Å². The molecule has 3 rings (SSSR count). The zero-order valence-electron chi connectivity index (χ0n) is 16.4. The lowest BCUT2D eigenvalue weighted by atomic mass is 10.1. The van der Waals surface area contributed by atoms with Crippen LogP contribution in [0.25, 0.3) is 0 Å². The maximum atomic E-state index is 12.3. The number of nitrogens with zero attached hydrogens (tertiary/aromatic N) is 2. The van der Waals surface area contributed by atoms with E-state index in [1.807, 2.05) is 0 Å². The maximum Gasteiger partial charge on any atom is 0.330 e. The molecule has 30 heavy (non-hydrogen) atoms. The van der Waals surface area contributed by atoms with Gasteiger partial charge in [0.25, 0.3) is 5.56 Å². The first kappa shape index (κ1) is 21.9. The average molecular weight is 423 g/mol. The summed E-state index contributed by atoms with van der Waals surface area (Å²) in [7, 11) is 1.35. The molecule has 2 aromatic rings. The summed E-state index contributed by atoms with van der Waals surface area (Å²) in [6, 6.07) is 0. The number of rotatable bonds is 9. The predicted octanol–water partition coefficient (Wildman–Crippen LogP) is -2.18. The first-order valence-corrected chi connectivity index (χ1v) is 9.50. The number of aliphatic hydroxyl groups excluding tert-OH is 2. The Bertz CT molecular complexity index is 955. The van der Waals surface area contributed by atoms with Gasteiger partial charge < -0.3 is 30.0 Å². The number of methoxy groups -OCH3 is 1. The van der Waals surface area contributed by atoms with Crippen LogP contribution in [0.2, 0.25) is 0 Å². The van der Waals surface area contributed by atoms with E-state index >= 15 is 0 Å². The van der Waals surface area contributed by atoms with Gasteiger partial charge in [0.2, 0.25) is 5.91 Å². The lowest BCUT2D eigenvalue weighted by Crippen LogP contribution is -2.40. The van der Waals surface area contributed by atoms with Crippen LogP contribution in [0.5, 0.6) is 0 Å². The van der Waals surface area contributed by atoms with Crippen LogP contribution in [0.4, 0.5) is 0 Å². The Morgan fingerprint density at radius 2 is 2.23 bits per heavy atom. The predicted molar refractivity (Wildman–Crippen MR) is 103 cm³/mol. The number of aromatic amines is 2.